The lowest BCUT2D eigenvalue weighted by molar-refractivity contribution is -0.124. The minimum absolute atomic E-state index is 0.0154. The van der Waals surface area contributed by atoms with Crippen molar-refractivity contribution >= 4 is 21.4 Å². The van der Waals surface area contributed by atoms with Gasteiger partial charge in [-0.1, -0.05) is 6.92 Å². The van der Waals surface area contributed by atoms with Crippen molar-refractivity contribution in [3.05, 3.63) is 18.2 Å². The molecule has 5 rings (SSSR count). The monoisotopic (exact) mass is 377 g/mol. The summed E-state index contributed by atoms with van der Waals surface area (Å²) in [5.74, 6) is 2.10. The first-order chi connectivity index (χ1) is 12.3. The van der Waals surface area contributed by atoms with E-state index in [0.717, 1.165) is 37.0 Å². The Labute approximate surface area is 155 Å². The average molecular weight is 378 g/mol. The van der Waals surface area contributed by atoms with E-state index in [0.29, 0.717) is 6.42 Å². The molecule has 0 heterocycles. The number of phenols is 1. The molecule has 4 bridgehead atoms. The first kappa shape index (κ1) is 17.8. The molecule has 1 amide bonds. The maximum Gasteiger partial charge on any atom is 0.225 e. The molecule has 4 aliphatic carbocycles. The number of aromatic hydroxyl groups is 1. The smallest absolute Gasteiger partial charge is 0.225 e. The fraction of sp³-hybridized carbons (Fsp3) is 0.650. The van der Waals surface area contributed by atoms with Crippen molar-refractivity contribution in [2.24, 2.45) is 23.2 Å². The highest BCUT2D eigenvalue weighted by molar-refractivity contribution is 7.91. The van der Waals surface area contributed by atoms with Gasteiger partial charge in [-0.3, -0.25) is 4.79 Å². The zero-order valence-corrected chi connectivity index (χ0v) is 16.0. The van der Waals surface area contributed by atoms with Crippen LogP contribution in [0.4, 0.5) is 5.69 Å². The molecule has 26 heavy (non-hydrogen) atoms. The second-order valence-electron chi connectivity index (χ2n) is 8.72. The summed E-state index contributed by atoms with van der Waals surface area (Å²) in [6, 6.07) is 4.08. The van der Waals surface area contributed by atoms with E-state index in [-0.39, 0.29) is 33.4 Å². The molecule has 142 valence electrons. The normalized spacial score (nSPS) is 32.6. The van der Waals surface area contributed by atoms with Gasteiger partial charge in [-0.2, -0.15) is 0 Å². The molecule has 5 nitrogen and oxygen atoms in total. The first-order valence-electron chi connectivity index (χ1n) is 9.64. The van der Waals surface area contributed by atoms with Crippen LogP contribution >= 0.6 is 0 Å². The highest BCUT2D eigenvalue weighted by Gasteiger charge is 2.51. The van der Waals surface area contributed by atoms with Crippen molar-refractivity contribution in [1.82, 2.24) is 0 Å². The Morgan fingerprint density at radius 1 is 1.15 bits per heavy atom. The summed E-state index contributed by atoms with van der Waals surface area (Å²) < 4.78 is 24.1. The topological polar surface area (TPSA) is 83.5 Å². The van der Waals surface area contributed by atoms with E-state index < -0.39 is 9.84 Å². The molecule has 1 aromatic carbocycles. The van der Waals surface area contributed by atoms with Gasteiger partial charge < -0.3 is 10.4 Å². The van der Waals surface area contributed by atoms with Crippen LogP contribution in [0.2, 0.25) is 0 Å². The van der Waals surface area contributed by atoms with Crippen LogP contribution in [0.5, 0.6) is 5.75 Å². The van der Waals surface area contributed by atoms with E-state index in [2.05, 4.69) is 5.32 Å². The molecule has 0 unspecified atom stereocenters. The van der Waals surface area contributed by atoms with Gasteiger partial charge in [0, 0.05) is 6.42 Å². The fourth-order valence-electron chi connectivity index (χ4n) is 6.02. The molecule has 0 atom stereocenters. The Morgan fingerprint density at radius 2 is 1.73 bits per heavy atom. The average Bonchev–Trinajstić information content (AvgIpc) is 2.54. The van der Waals surface area contributed by atoms with Crippen LogP contribution in [-0.4, -0.2) is 25.2 Å². The van der Waals surface area contributed by atoms with Crippen molar-refractivity contribution in [2.45, 2.75) is 56.8 Å². The number of sulfone groups is 1. The number of hydrogen-bond donors (Lipinski definition) is 2. The lowest BCUT2D eigenvalue weighted by Crippen LogP contribution is -2.47. The molecule has 0 aliphatic heterocycles. The van der Waals surface area contributed by atoms with Crippen LogP contribution in [0.3, 0.4) is 0 Å². The Kier molecular flexibility index (Phi) is 4.29. The van der Waals surface area contributed by atoms with Crippen molar-refractivity contribution < 1.29 is 18.3 Å². The highest BCUT2D eigenvalue weighted by atomic mass is 32.2. The second-order valence-corrected chi connectivity index (χ2v) is 11.0. The Balaban J connectivity index is 1.50. The molecule has 0 radical (unpaired) electrons. The van der Waals surface area contributed by atoms with E-state index >= 15 is 0 Å². The van der Waals surface area contributed by atoms with Crippen molar-refractivity contribution in [1.29, 1.82) is 0 Å². The predicted octanol–water partition coefficient (Wildman–Crippen LogP) is 3.73. The Bertz CT molecular complexity index is 795. The third-order valence-corrected chi connectivity index (χ3v) is 8.41. The van der Waals surface area contributed by atoms with Gasteiger partial charge >= 0.3 is 0 Å². The predicted molar refractivity (Wildman–Crippen MR) is 99.7 cm³/mol. The minimum atomic E-state index is -3.38. The molecule has 4 aliphatic rings. The third kappa shape index (κ3) is 3.24. The van der Waals surface area contributed by atoms with E-state index in [1.807, 2.05) is 0 Å². The summed E-state index contributed by atoms with van der Waals surface area (Å²) in [6.45, 7) is 1.58. The molecule has 4 fully saturated rings. The lowest BCUT2D eigenvalue weighted by atomic mass is 9.49. The van der Waals surface area contributed by atoms with Gasteiger partial charge in [-0.25, -0.2) is 8.42 Å². The van der Waals surface area contributed by atoms with Gasteiger partial charge in [-0.05, 0) is 79.9 Å². The summed E-state index contributed by atoms with van der Waals surface area (Å²) >= 11 is 0. The number of carbonyl (C=O) groups excluding carboxylic acids is 1. The van der Waals surface area contributed by atoms with Gasteiger partial charge in [0.05, 0.1) is 16.3 Å². The summed E-state index contributed by atoms with van der Waals surface area (Å²) in [7, 11) is -3.38. The first-order valence-corrected chi connectivity index (χ1v) is 11.3. The number of phenolic OH excluding ortho intramolecular Hbond substituents is 1. The molecule has 0 saturated heterocycles. The number of hydrogen-bond acceptors (Lipinski definition) is 4. The standard InChI is InChI=1S/C20H27NO4S/c1-2-26(24,25)16-3-4-18(22)17(8-16)21-19(23)12-20-9-13-5-14(10-20)7-15(6-13)11-20/h3-4,8,13-15,22H,2,5-7,9-12H2,1H3,(H,21,23). The number of rotatable bonds is 5. The van der Waals surface area contributed by atoms with Gasteiger partial charge in [0.15, 0.2) is 9.84 Å². The number of carbonyl (C=O) groups is 1. The molecular weight excluding hydrogens is 350 g/mol. The van der Waals surface area contributed by atoms with Crippen molar-refractivity contribution in [2.75, 3.05) is 11.1 Å². The van der Waals surface area contributed by atoms with E-state index in [9.17, 15) is 18.3 Å². The van der Waals surface area contributed by atoms with Crippen LogP contribution in [-0.2, 0) is 14.6 Å². The molecule has 4 saturated carbocycles. The molecule has 0 aromatic heterocycles. The molecule has 2 N–H and O–H groups in total. The van der Waals surface area contributed by atoms with Crippen molar-refractivity contribution in [3.63, 3.8) is 0 Å². The Morgan fingerprint density at radius 3 is 2.27 bits per heavy atom. The van der Waals surface area contributed by atoms with Crippen LogP contribution in [0.1, 0.15) is 51.9 Å². The molecule has 1 aromatic rings. The van der Waals surface area contributed by atoms with Crippen LogP contribution in [0.15, 0.2) is 23.1 Å². The summed E-state index contributed by atoms with van der Waals surface area (Å²) in [6.07, 6.45) is 7.89. The third-order valence-electron chi connectivity index (χ3n) is 6.68. The quantitative estimate of drug-likeness (QED) is 0.766. The maximum atomic E-state index is 12.7. The van der Waals surface area contributed by atoms with Gasteiger partial charge in [0.1, 0.15) is 5.75 Å². The van der Waals surface area contributed by atoms with Gasteiger partial charge in [-0.15, -0.1) is 0 Å². The summed E-state index contributed by atoms with van der Waals surface area (Å²) in [5.41, 5.74) is 0.302. The zero-order valence-electron chi connectivity index (χ0n) is 15.2. The van der Waals surface area contributed by atoms with Crippen molar-refractivity contribution in [3.8, 4) is 5.75 Å². The number of anilines is 1. The number of amides is 1. The van der Waals surface area contributed by atoms with Crippen LogP contribution in [0, 0.1) is 23.2 Å². The fourth-order valence-corrected chi connectivity index (χ4v) is 6.92. The minimum Gasteiger partial charge on any atom is -0.506 e. The SMILES string of the molecule is CCS(=O)(=O)c1ccc(O)c(NC(=O)CC23CC4CC(CC(C4)C2)C3)c1. The molecule has 6 heteroatoms. The van der Waals surface area contributed by atoms with E-state index in [4.69, 9.17) is 0 Å². The van der Waals surface area contributed by atoms with E-state index in [1.165, 1.54) is 37.5 Å². The lowest BCUT2D eigenvalue weighted by Gasteiger charge is -2.56. The Hall–Kier alpha value is -1.56. The molecular formula is C20H27NO4S. The maximum absolute atomic E-state index is 12.7. The van der Waals surface area contributed by atoms with Crippen LogP contribution < -0.4 is 5.32 Å². The highest BCUT2D eigenvalue weighted by Crippen LogP contribution is 2.61. The van der Waals surface area contributed by atoms with Crippen LogP contribution in [0.25, 0.3) is 0 Å². The zero-order chi connectivity index (χ0) is 18.5. The number of nitrogens with one attached hydrogen (secondary N) is 1. The van der Waals surface area contributed by atoms with Gasteiger partial charge in [0.2, 0.25) is 5.91 Å². The second kappa shape index (κ2) is 6.25. The number of benzene rings is 1. The summed E-state index contributed by atoms with van der Waals surface area (Å²) in [4.78, 5) is 12.8. The van der Waals surface area contributed by atoms with Gasteiger partial charge in [0.25, 0.3) is 0 Å². The van der Waals surface area contributed by atoms with E-state index in [1.54, 1.807) is 6.92 Å². The molecule has 0 spiro atoms. The largest absolute Gasteiger partial charge is 0.506 e. The summed E-state index contributed by atoms with van der Waals surface area (Å²) in [5, 5.41) is 12.8.